The lowest BCUT2D eigenvalue weighted by Gasteiger charge is -2.16. The molecule has 170 valence electrons. The molecule has 0 fully saturated rings. The molecule has 0 aliphatic heterocycles. The van der Waals surface area contributed by atoms with Gasteiger partial charge >= 0.3 is 27.6 Å². The molecule has 0 radical (unpaired) electrons. The van der Waals surface area contributed by atoms with Gasteiger partial charge in [0.05, 0.1) is 0 Å². The predicted molar refractivity (Wildman–Crippen MR) is 96.4 cm³/mol. The van der Waals surface area contributed by atoms with Crippen molar-refractivity contribution in [1.82, 2.24) is 10.6 Å². The Kier molecular flexibility index (Phi) is 13.9. The second kappa shape index (κ2) is 13.6. The van der Waals surface area contributed by atoms with Crippen LogP contribution in [0.3, 0.4) is 0 Å². The predicted octanol–water partition coefficient (Wildman–Crippen LogP) is -3.02. The van der Waals surface area contributed by atoms with Crippen LogP contribution in [0, 0.1) is 0 Å². The van der Waals surface area contributed by atoms with Gasteiger partial charge in [-0.2, -0.15) is 16.9 Å². The lowest BCUT2D eigenvalue weighted by molar-refractivity contribution is -0.139. The highest BCUT2D eigenvalue weighted by Crippen LogP contribution is 2.53. The van der Waals surface area contributed by atoms with E-state index < -0.39 is 58.0 Å². The summed E-state index contributed by atoms with van der Waals surface area (Å²) in [4.78, 5) is 74.7. The minimum absolute atomic E-state index is 0.0256. The SMILES string of the molecule is N[C@@H](CCC(=O)N[C@@H](CS)C(=O)NCC(=O)O)C(=O)O.O=P(O)(O)OP(=O)(O)O. The molecule has 0 spiro atoms. The third-order valence-corrected chi connectivity index (χ3v) is 4.53. The van der Waals surface area contributed by atoms with Gasteiger partial charge in [0.2, 0.25) is 11.8 Å². The molecular weight excluding hydrogens is 464 g/mol. The number of nitrogens with one attached hydrogen (secondary N) is 2. The minimum atomic E-state index is -5.05. The Balaban J connectivity index is 0. The fourth-order valence-electron chi connectivity index (χ4n) is 1.30. The number of amides is 2. The van der Waals surface area contributed by atoms with Crippen molar-refractivity contribution in [1.29, 1.82) is 0 Å². The highest BCUT2D eigenvalue weighted by Gasteiger charge is 2.28. The number of rotatable bonds is 11. The average molecular weight is 485 g/mol. The summed E-state index contributed by atoms with van der Waals surface area (Å²) in [5, 5.41) is 21.4. The third-order valence-electron chi connectivity index (χ3n) is 2.46. The molecule has 0 aliphatic carbocycles. The minimum Gasteiger partial charge on any atom is -0.480 e. The number of thiol groups is 1. The summed E-state index contributed by atoms with van der Waals surface area (Å²) in [6, 6.07) is -2.15. The van der Waals surface area contributed by atoms with Gasteiger partial charge in [0.1, 0.15) is 18.6 Å². The average Bonchev–Trinajstić information content (AvgIpc) is 2.52. The number of phosphoric acid groups is 2. The van der Waals surface area contributed by atoms with Crippen molar-refractivity contribution in [2.24, 2.45) is 5.73 Å². The van der Waals surface area contributed by atoms with Crippen molar-refractivity contribution in [3.05, 3.63) is 0 Å². The maximum absolute atomic E-state index is 11.5. The van der Waals surface area contributed by atoms with E-state index in [2.05, 4.69) is 27.6 Å². The van der Waals surface area contributed by atoms with Crippen molar-refractivity contribution in [2.75, 3.05) is 12.3 Å². The Bertz CT molecular complexity index is 658. The van der Waals surface area contributed by atoms with Gasteiger partial charge < -0.3 is 46.2 Å². The van der Waals surface area contributed by atoms with Crippen LogP contribution in [0.5, 0.6) is 0 Å². The summed E-state index contributed by atoms with van der Waals surface area (Å²) in [5.74, 6) is -3.70. The lowest BCUT2D eigenvalue weighted by atomic mass is 10.1. The van der Waals surface area contributed by atoms with Gasteiger partial charge in [-0.05, 0) is 6.42 Å². The van der Waals surface area contributed by atoms with E-state index in [1.165, 1.54) is 0 Å². The summed E-state index contributed by atoms with van der Waals surface area (Å²) >= 11 is 3.87. The standard InChI is InChI=1S/C10H17N3O6S.H4O7P2/c11-5(10(18)19)1-2-7(14)13-6(4-20)9(17)12-3-8(15)16;1-8(2,3)7-9(4,5)6/h5-6,20H,1-4,11H2,(H,12,17)(H,13,14)(H,15,16)(H,18,19);(H2,1,2,3)(H2,4,5,6)/t5-,6-;/m0./s1. The molecule has 0 unspecified atom stereocenters. The van der Waals surface area contributed by atoms with Gasteiger partial charge in [0, 0.05) is 12.2 Å². The molecule has 0 aromatic carbocycles. The van der Waals surface area contributed by atoms with Crippen molar-refractivity contribution >= 4 is 52.0 Å². The first-order valence-corrected chi connectivity index (χ1v) is 10.9. The molecular formula is C10H21N3O13P2S. The summed E-state index contributed by atoms with van der Waals surface area (Å²) < 4.78 is 22.2. The summed E-state index contributed by atoms with van der Waals surface area (Å²) in [6.45, 7) is -0.567. The first kappa shape index (κ1) is 29.6. The van der Waals surface area contributed by atoms with Crippen LogP contribution in [-0.4, -0.2) is 77.9 Å². The van der Waals surface area contributed by atoms with E-state index in [0.29, 0.717) is 0 Å². The largest absolute Gasteiger partial charge is 0.480 e. The van der Waals surface area contributed by atoms with Crippen LogP contribution in [0.15, 0.2) is 0 Å². The third kappa shape index (κ3) is 19.5. The second-order valence-corrected chi connectivity index (χ2v) is 7.94. The zero-order valence-electron chi connectivity index (χ0n) is 14.4. The molecule has 2 amide bonds. The van der Waals surface area contributed by atoms with Crippen molar-refractivity contribution in [2.45, 2.75) is 24.9 Å². The van der Waals surface area contributed by atoms with E-state index in [1.807, 2.05) is 0 Å². The van der Waals surface area contributed by atoms with Crippen LogP contribution >= 0.6 is 28.3 Å². The molecule has 19 heteroatoms. The van der Waals surface area contributed by atoms with Crippen LogP contribution in [0.2, 0.25) is 0 Å². The molecule has 29 heavy (non-hydrogen) atoms. The van der Waals surface area contributed by atoms with E-state index in [-0.39, 0.29) is 18.6 Å². The fourth-order valence-corrected chi connectivity index (χ4v) is 2.66. The summed E-state index contributed by atoms with van der Waals surface area (Å²) in [6.07, 6.45) is -0.235. The molecule has 16 nitrogen and oxygen atoms in total. The molecule has 0 heterocycles. The molecule has 0 aliphatic rings. The Labute approximate surface area is 168 Å². The van der Waals surface area contributed by atoms with Crippen LogP contribution in [0.1, 0.15) is 12.8 Å². The van der Waals surface area contributed by atoms with Crippen LogP contribution < -0.4 is 16.4 Å². The molecule has 0 saturated carbocycles. The first-order valence-electron chi connectivity index (χ1n) is 7.19. The number of nitrogens with two attached hydrogens (primary N) is 1. The Hall–Kier alpha value is -1.55. The molecule has 0 rings (SSSR count). The van der Waals surface area contributed by atoms with E-state index in [9.17, 15) is 28.3 Å². The van der Waals surface area contributed by atoms with Crippen molar-refractivity contribution in [3.8, 4) is 0 Å². The highest BCUT2D eigenvalue weighted by molar-refractivity contribution is 7.80. The number of carboxylic acid groups (broad SMARTS) is 2. The first-order chi connectivity index (χ1) is 13.0. The monoisotopic (exact) mass is 485 g/mol. The second-order valence-electron chi connectivity index (χ2n) is 4.96. The quantitative estimate of drug-likeness (QED) is 0.103. The summed E-state index contributed by atoms with van der Waals surface area (Å²) in [5.41, 5.74) is 5.23. The van der Waals surface area contributed by atoms with E-state index >= 15 is 0 Å². The maximum atomic E-state index is 11.5. The molecule has 0 bridgehead atoms. The van der Waals surface area contributed by atoms with Gasteiger partial charge in [-0.3, -0.25) is 19.2 Å². The normalized spacial score (nSPS) is 13.3. The van der Waals surface area contributed by atoms with E-state index in [1.54, 1.807) is 0 Å². The van der Waals surface area contributed by atoms with E-state index in [0.717, 1.165) is 0 Å². The summed E-state index contributed by atoms with van der Waals surface area (Å²) in [7, 11) is -10.1. The van der Waals surface area contributed by atoms with E-state index in [4.69, 9.17) is 35.5 Å². The fraction of sp³-hybridized carbons (Fsp3) is 0.600. The number of carbonyl (C=O) groups is 4. The molecule has 0 aromatic heterocycles. The smallest absolute Gasteiger partial charge is 0.478 e. The molecule has 0 saturated heterocycles. The molecule has 10 N–H and O–H groups in total. The van der Waals surface area contributed by atoms with Gasteiger partial charge in [-0.15, -0.1) is 0 Å². The van der Waals surface area contributed by atoms with Crippen LogP contribution in [0.25, 0.3) is 0 Å². The lowest BCUT2D eigenvalue weighted by Crippen LogP contribution is -2.49. The van der Waals surface area contributed by atoms with Gasteiger partial charge in [0.25, 0.3) is 0 Å². The highest BCUT2D eigenvalue weighted by atomic mass is 32.1. The zero-order valence-corrected chi connectivity index (χ0v) is 17.1. The van der Waals surface area contributed by atoms with Crippen LogP contribution in [0.4, 0.5) is 0 Å². The number of carboxylic acids is 2. The Morgan fingerprint density at radius 3 is 1.83 bits per heavy atom. The van der Waals surface area contributed by atoms with Gasteiger partial charge in [-0.1, -0.05) is 0 Å². The topological polar surface area (TPSA) is 283 Å². The van der Waals surface area contributed by atoms with Crippen molar-refractivity contribution < 1.29 is 62.4 Å². The molecule has 0 aromatic rings. The maximum Gasteiger partial charge on any atom is 0.478 e. The Morgan fingerprint density at radius 1 is 1.03 bits per heavy atom. The van der Waals surface area contributed by atoms with Crippen LogP contribution in [-0.2, 0) is 32.6 Å². The Morgan fingerprint density at radius 2 is 1.52 bits per heavy atom. The van der Waals surface area contributed by atoms with Crippen molar-refractivity contribution in [3.63, 3.8) is 0 Å². The molecule has 2 atom stereocenters. The zero-order chi connectivity index (χ0) is 23.4. The number of hydrogen-bond acceptors (Lipinski definition) is 9. The van der Waals surface area contributed by atoms with Gasteiger partial charge in [-0.25, -0.2) is 9.13 Å². The number of hydrogen-bond donors (Lipinski definition) is 10. The number of aliphatic carboxylic acids is 2. The number of carbonyl (C=O) groups excluding carboxylic acids is 2. The van der Waals surface area contributed by atoms with Gasteiger partial charge in [0.15, 0.2) is 0 Å².